The first-order valence-corrected chi connectivity index (χ1v) is 17.3. The number of aromatic nitrogens is 4. The number of pyridine rings is 1. The smallest absolute Gasteiger partial charge is 0.235 e. The van der Waals surface area contributed by atoms with E-state index in [1.54, 1.807) is 6.20 Å². The summed E-state index contributed by atoms with van der Waals surface area (Å²) in [6, 6.07) is 50.7. The van der Waals surface area contributed by atoms with Crippen LogP contribution in [0.15, 0.2) is 158 Å². The average molecular weight is 657 g/mol. The van der Waals surface area contributed by atoms with Gasteiger partial charge in [0.1, 0.15) is 11.3 Å². The summed E-state index contributed by atoms with van der Waals surface area (Å²) in [6.07, 6.45) is 3.69. The van der Waals surface area contributed by atoms with Crippen molar-refractivity contribution in [1.29, 1.82) is 0 Å². The Kier molecular flexibility index (Phi) is 6.46. The maximum absolute atomic E-state index is 7.04. The van der Waals surface area contributed by atoms with Gasteiger partial charge in [-0.25, -0.2) is 9.97 Å². The molecule has 6 aromatic carbocycles. The highest BCUT2D eigenvalue weighted by Gasteiger charge is 2.38. The van der Waals surface area contributed by atoms with Gasteiger partial charge in [-0.3, -0.25) is 9.55 Å². The summed E-state index contributed by atoms with van der Waals surface area (Å²) in [7, 11) is 0. The van der Waals surface area contributed by atoms with E-state index in [1.807, 2.05) is 24.4 Å². The summed E-state index contributed by atoms with van der Waals surface area (Å²) >= 11 is 0. The molecule has 4 heterocycles. The van der Waals surface area contributed by atoms with Gasteiger partial charge in [0.2, 0.25) is 5.95 Å². The number of hydrogen-bond acceptors (Lipinski definition) is 4. The van der Waals surface area contributed by atoms with Crippen molar-refractivity contribution < 1.29 is 4.74 Å². The van der Waals surface area contributed by atoms with Crippen LogP contribution in [0, 0.1) is 0 Å². The van der Waals surface area contributed by atoms with Crippen LogP contribution in [0.1, 0.15) is 25.0 Å². The molecule has 0 saturated heterocycles. The van der Waals surface area contributed by atoms with Crippen molar-refractivity contribution in [3.05, 3.63) is 169 Å². The lowest BCUT2D eigenvalue weighted by Gasteiger charge is -2.36. The minimum atomic E-state index is -0.329. The lowest BCUT2D eigenvalue weighted by atomic mass is 9.73. The Morgan fingerprint density at radius 3 is 2.06 bits per heavy atom. The molecule has 0 fully saturated rings. The molecule has 0 aliphatic carbocycles. The van der Waals surface area contributed by atoms with Crippen molar-refractivity contribution in [3.63, 3.8) is 0 Å². The van der Waals surface area contributed by atoms with E-state index in [-0.39, 0.29) is 5.41 Å². The molecule has 0 atom stereocenters. The van der Waals surface area contributed by atoms with E-state index in [4.69, 9.17) is 14.7 Å². The minimum absolute atomic E-state index is 0.329. The second kappa shape index (κ2) is 11.2. The average Bonchev–Trinajstić information content (AvgIpc) is 3.54. The predicted octanol–water partition coefficient (Wildman–Crippen LogP) is 11.6. The second-order valence-corrected chi connectivity index (χ2v) is 13.7. The van der Waals surface area contributed by atoms with Gasteiger partial charge in [0.25, 0.3) is 0 Å². The van der Waals surface area contributed by atoms with Crippen molar-refractivity contribution in [2.75, 3.05) is 0 Å². The summed E-state index contributed by atoms with van der Waals surface area (Å²) in [5, 5.41) is 4.62. The minimum Gasteiger partial charge on any atom is -0.454 e. The molecule has 0 amide bonds. The predicted molar refractivity (Wildman–Crippen MR) is 207 cm³/mol. The zero-order chi connectivity index (χ0) is 34.1. The normalized spacial score (nSPS) is 13.2. The van der Waals surface area contributed by atoms with Crippen molar-refractivity contribution in [3.8, 4) is 51.1 Å². The highest BCUT2D eigenvalue weighted by molar-refractivity contribution is 6.24. The lowest BCUT2D eigenvalue weighted by molar-refractivity contribution is 0.424. The summed E-state index contributed by atoms with van der Waals surface area (Å²) in [5.41, 5.74) is 9.81. The molecule has 51 heavy (non-hydrogen) atoms. The van der Waals surface area contributed by atoms with Gasteiger partial charge < -0.3 is 4.74 Å². The maximum atomic E-state index is 7.04. The Bertz CT molecular complexity index is 2800. The second-order valence-electron chi connectivity index (χ2n) is 13.7. The standard InChI is InChI=1S/C46H32N4O/c1-46(2)36-22-9-11-24-40(36)51-44-42(46)34-20-7-6-19-33(34)41-35-21-8-10-23-39(35)50(43(41)44)45-48-37(29-14-4-3-5-15-29)27-38(49-45)31-17-12-16-30(26-31)32-18-13-25-47-28-32/h3-28H,1-2H3. The molecule has 0 radical (unpaired) electrons. The molecule has 0 spiro atoms. The molecule has 1 aliphatic heterocycles. The Morgan fingerprint density at radius 1 is 0.569 bits per heavy atom. The van der Waals surface area contributed by atoms with E-state index in [9.17, 15) is 0 Å². The van der Waals surface area contributed by atoms with Gasteiger partial charge in [-0.05, 0) is 46.7 Å². The van der Waals surface area contributed by atoms with E-state index in [2.05, 4.69) is 151 Å². The zero-order valence-corrected chi connectivity index (χ0v) is 28.2. The highest BCUT2D eigenvalue weighted by atomic mass is 16.5. The third kappa shape index (κ3) is 4.51. The summed E-state index contributed by atoms with van der Waals surface area (Å²) in [6.45, 7) is 4.61. The van der Waals surface area contributed by atoms with Crippen LogP contribution in [0.25, 0.3) is 72.2 Å². The molecule has 0 N–H and O–H groups in total. The fourth-order valence-corrected chi connectivity index (χ4v) is 7.96. The topological polar surface area (TPSA) is 52.8 Å². The quantitative estimate of drug-likeness (QED) is 0.189. The first-order valence-electron chi connectivity index (χ1n) is 17.3. The van der Waals surface area contributed by atoms with Crippen molar-refractivity contribution in [1.82, 2.24) is 19.5 Å². The number of ether oxygens (including phenoxy) is 1. The molecule has 3 aromatic heterocycles. The van der Waals surface area contributed by atoms with E-state index < -0.39 is 0 Å². The summed E-state index contributed by atoms with van der Waals surface area (Å²) in [4.78, 5) is 15.1. The third-order valence-corrected chi connectivity index (χ3v) is 10.3. The van der Waals surface area contributed by atoms with Crippen LogP contribution in [-0.4, -0.2) is 19.5 Å². The van der Waals surface area contributed by atoms with Crippen LogP contribution in [0.3, 0.4) is 0 Å². The molecule has 0 saturated carbocycles. The number of para-hydroxylation sites is 2. The molecule has 10 rings (SSSR count). The van der Waals surface area contributed by atoms with Crippen LogP contribution in [0.5, 0.6) is 11.5 Å². The monoisotopic (exact) mass is 656 g/mol. The molecule has 5 nitrogen and oxygen atoms in total. The highest BCUT2D eigenvalue weighted by Crippen LogP contribution is 2.55. The van der Waals surface area contributed by atoms with Crippen LogP contribution in [0.2, 0.25) is 0 Å². The van der Waals surface area contributed by atoms with Gasteiger partial charge in [-0.1, -0.05) is 129 Å². The first-order chi connectivity index (χ1) is 25.1. The molecule has 9 aromatic rings. The Hall–Kier alpha value is -6.59. The number of rotatable bonds is 4. The van der Waals surface area contributed by atoms with Crippen molar-refractivity contribution in [2.45, 2.75) is 19.3 Å². The SMILES string of the molecule is CC1(C)c2ccccc2Oc2c1c1ccccc1c1c3ccccc3n(-c3nc(-c4ccccc4)cc(-c4cccc(-c5cccnc5)c4)n3)c21. The van der Waals surface area contributed by atoms with Gasteiger partial charge in [-0.2, -0.15) is 0 Å². The van der Waals surface area contributed by atoms with E-state index >= 15 is 0 Å². The molecule has 1 aliphatic rings. The molecule has 0 bridgehead atoms. The molecule has 0 unspecified atom stereocenters. The van der Waals surface area contributed by atoms with E-state index in [0.717, 1.165) is 72.5 Å². The van der Waals surface area contributed by atoms with Crippen molar-refractivity contribution in [2.24, 2.45) is 0 Å². The summed E-state index contributed by atoms with van der Waals surface area (Å²) < 4.78 is 9.26. The molecular formula is C46H32N4O. The zero-order valence-electron chi connectivity index (χ0n) is 28.2. The van der Waals surface area contributed by atoms with E-state index in [1.165, 1.54) is 16.3 Å². The van der Waals surface area contributed by atoms with Gasteiger partial charge in [0.15, 0.2) is 5.75 Å². The largest absolute Gasteiger partial charge is 0.454 e. The molecule has 242 valence electrons. The first kappa shape index (κ1) is 29.3. The number of hydrogen-bond donors (Lipinski definition) is 0. The Labute approximate surface area is 295 Å². The fraction of sp³-hybridized carbons (Fsp3) is 0.0652. The van der Waals surface area contributed by atoms with Crippen LogP contribution < -0.4 is 4.74 Å². The lowest BCUT2D eigenvalue weighted by Crippen LogP contribution is -2.25. The summed E-state index contributed by atoms with van der Waals surface area (Å²) in [5.74, 6) is 2.30. The van der Waals surface area contributed by atoms with Crippen molar-refractivity contribution >= 4 is 32.6 Å². The fourth-order valence-electron chi connectivity index (χ4n) is 7.96. The Balaban J connectivity index is 1.33. The van der Waals surface area contributed by atoms with Gasteiger partial charge in [-0.15, -0.1) is 0 Å². The molecular weight excluding hydrogens is 625 g/mol. The van der Waals surface area contributed by atoms with Gasteiger partial charge >= 0.3 is 0 Å². The number of nitrogens with zero attached hydrogens (tertiary/aromatic N) is 4. The number of fused-ring (bicyclic) bond motifs is 9. The van der Waals surface area contributed by atoms with Gasteiger partial charge in [0, 0.05) is 56.4 Å². The van der Waals surface area contributed by atoms with Crippen LogP contribution >= 0.6 is 0 Å². The van der Waals surface area contributed by atoms with E-state index in [0.29, 0.717) is 5.95 Å². The maximum Gasteiger partial charge on any atom is 0.235 e. The number of benzene rings is 6. The Morgan fingerprint density at radius 2 is 1.24 bits per heavy atom. The third-order valence-electron chi connectivity index (χ3n) is 10.3. The van der Waals surface area contributed by atoms with Gasteiger partial charge in [0.05, 0.1) is 16.9 Å². The van der Waals surface area contributed by atoms with Crippen LogP contribution in [-0.2, 0) is 5.41 Å². The molecule has 5 heteroatoms. The van der Waals surface area contributed by atoms with Crippen LogP contribution in [0.4, 0.5) is 0 Å².